The number of hydrogen-bond donors (Lipinski definition) is 1. The summed E-state index contributed by atoms with van der Waals surface area (Å²) in [7, 11) is 0. The maximum absolute atomic E-state index is 13.4. The van der Waals surface area contributed by atoms with E-state index < -0.39 is 17.7 Å². The van der Waals surface area contributed by atoms with Crippen molar-refractivity contribution in [1.82, 2.24) is 4.98 Å². The predicted molar refractivity (Wildman–Crippen MR) is 141 cm³/mol. The van der Waals surface area contributed by atoms with Crippen molar-refractivity contribution in [2.24, 2.45) is 0 Å². The quantitative estimate of drug-likeness (QED) is 0.194. The van der Waals surface area contributed by atoms with Gasteiger partial charge in [-0.05, 0) is 60.5 Å². The van der Waals surface area contributed by atoms with E-state index in [1.807, 2.05) is 49.4 Å². The van der Waals surface area contributed by atoms with Crippen molar-refractivity contribution in [3.05, 3.63) is 87.4 Å². The number of aryl methyl sites for hydroxylation is 1. The molecule has 1 N–H and O–H groups in total. The van der Waals surface area contributed by atoms with Crippen molar-refractivity contribution < 1.29 is 24.2 Å². The number of anilines is 1. The molecule has 6 rings (SSSR count). The van der Waals surface area contributed by atoms with Crippen molar-refractivity contribution in [2.45, 2.75) is 13.0 Å². The first kappa shape index (κ1) is 22.8. The average Bonchev–Trinajstić information content (AvgIpc) is 3.41. The number of fused-ring (bicyclic) bond motifs is 2. The number of benzene rings is 3. The molecular formula is C27H19BrN2O5S. The summed E-state index contributed by atoms with van der Waals surface area (Å²) in [6, 6.07) is 17.3. The van der Waals surface area contributed by atoms with Crippen LogP contribution in [0.25, 0.3) is 16.0 Å². The van der Waals surface area contributed by atoms with Gasteiger partial charge in [0.25, 0.3) is 5.78 Å². The molecule has 0 radical (unpaired) electrons. The van der Waals surface area contributed by atoms with E-state index in [2.05, 4.69) is 20.9 Å². The molecule has 1 saturated heterocycles. The van der Waals surface area contributed by atoms with Crippen molar-refractivity contribution in [3.63, 3.8) is 0 Å². The Morgan fingerprint density at radius 1 is 1.06 bits per heavy atom. The molecule has 1 aromatic heterocycles. The normalized spacial score (nSPS) is 18.7. The fourth-order valence-electron chi connectivity index (χ4n) is 4.49. The Kier molecular flexibility index (Phi) is 5.54. The molecule has 4 aromatic rings. The molecule has 1 fully saturated rings. The van der Waals surface area contributed by atoms with Crippen molar-refractivity contribution in [1.29, 1.82) is 0 Å². The number of amides is 1. The summed E-state index contributed by atoms with van der Waals surface area (Å²) in [5.41, 5.74) is 2.82. The van der Waals surface area contributed by atoms with E-state index >= 15 is 0 Å². The molecular weight excluding hydrogens is 544 g/mol. The number of ether oxygens (including phenoxy) is 2. The number of aromatic nitrogens is 1. The monoisotopic (exact) mass is 562 g/mol. The second kappa shape index (κ2) is 8.76. The number of Topliss-reactive ketones (excluding diaryl/α,β-unsaturated/α-hetero) is 1. The van der Waals surface area contributed by atoms with Crippen molar-refractivity contribution in [2.75, 3.05) is 18.1 Å². The molecule has 9 heteroatoms. The lowest BCUT2D eigenvalue weighted by molar-refractivity contribution is -0.132. The van der Waals surface area contributed by atoms with E-state index in [9.17, 15) is 14.7 Å². The SMILES string of the molecule is Cc1ccc2nc(N3C(=O)C(=O)/C(=C(/O)c4ccc5c(c4)OCCO5)[C@@H]3c3cccc(Br)c3)sc2c1. The minimum atomic E-state index is -0.864. The van der Waals surface area contributed by atoms with E-state index in [1.54, 1.807) is 18.2 Å². The van der Waals surface area contributed by atoms with Crippen molar-refractivity contribution >= 4 is 60.1 Å². The zero-order valence-corrected chi connectivity index (χ0v) is 21.4. The Morgan fingerprint density at radius 3 is 2.67 bits per heavy atom. The number of carbonyl (C=O) groups excluding carboxylic acids is 2. The third-order valence-electron chi connectivity index (χ3n) is 6.16. The van der Waals surface area contributed by atoms with Gasteiger partial charge in [0.2, 0.25) is 0 Å². The first-order valence-corrected chi connectivity index (χ1v) is 12.9. The van der Waals surface area contributed by atoms with Gasteiger partial charge in [-0.25, -0.2) is 4.98 Å². The molecule has 2 aliphatic rings. The highest BCUT2D eigenvalue weighted by Gasteiger charge is 2.48. The van der Waals surface area contributed by atoms with E-state index in [4.69, 9.17) is 9.47 Å². The van der Waals surface area contributed by atoms with Crippen LogP contribution in [0.1, 0.15) is 22.7 Å². The van der Waals surface area contributed by atoms with Gasteiger partial charge in [-0.2, -0.15) is 0 Å². The molecule has 7 nitrogen and oxygen atoms in total. The zero-order valence-electron chi connectivity index (χ0n) is 19.0. The second-order valence-corrected chi connectivity index (χ2v) is 10.5. The molecule has 36 heavy (non-hydrogen) atoms. The highest BCUT2D eigenvalue weighted by Crippen LogP contribution is 2.45. The number of carbonyl (C=O) groups is 2. The number of rotatable bonds is 3. The van der Waals surface area contributed by atoms with Gasteiger partial charge in [-0.15, -0.1) is 0 Å². The van der Waals surface area contributed by atoms with Gasteiger partial charge in [-0.3, -0.25) is 14.5 Å². The molecule has 180 valence electrons. The topological polar surface area (TPSA) is 89.0 Å². The first-order valence-electron chi connectivity index (χ1n) is 11.2. The zero-order chi connectivity index (χ0) is 25.0. The lowest BCUT2D eigenvalue weighted by atomic mass is 9.95. The van der Waals surface area contributed by atoms with Gasteiger partial charge >= 0.3 is 5.91 Å². The Hall–Kier alpha value is -3.69. The molecule has 0 unspecified atom stereocenters. The first-order chi connectivity index (χ1) is 17.4. The van der Waals surface area contributed by atoms with Crippen LogP contribution in [0.5, 0.6) is 11.5 Å². The number of hydrogen-bond acceptors (Lipinski definition) is 7. The second-order valence-electron chi connectivity index (χ2n) is 8.55. The fourth-order valence-corrected chi connectivity index (χ4v) is 6.00. The lowest BCUT2D eigenvalue weighted by Gasteiger charge is -2.23. The predicted octanol–water partition coefficient (Wildman–Crippen LogP) is 5.76. The number of nitrogens with zero attached hydrogens (tertiary/aromatic N) is 2. The molecule has 1 amide bonds. The van der Waals surface area contributed by atoms with Crippen LogP contribution in [0.15, 0.2) is 70.7 Å². The number of thiazole rings is 1. The molecule has 0 bridgehead atoms. The molecule has 1 atom stereocenters. The van der Waals surface area contributed by atoms with Crippen LogP contribution in [0, 0.1) is 6.92 Å². The summed E-state index contributed by atoms with van der Waals surface area (Å²) in [5.74, 6) is -0.765. The van der Waals surface area contributed by atoms with Crippen LogP contribution in [-0.4, -0.2) is 35.0 Å². The molecule has 0 spiro atoms. The third kappa shape index (κ3) is 3.75. The number of aliphatic hydroxyl groups excluding tert-OH is 1. The molecule has 0 saturated carbocycles. The van der Waals surface area contributed by atoms with Crippen LogP contribution >= 0.6 is 27.3 Å². The van der Waals surface area contributed by atoms with Gasteiger partial charge in [0.15, 0.2) is 16.6 Å². The summed E-state index contributed by atoms with van der Waals surface area (Å²) in [4.78, 5) is 32.9. The van der Waals surface area contributed by atoms with Crippen LogP contribution in [-0.2, 0) is 9.59 Å². The highest BCUT2D eigenvalue weighted by atomic mass is 79.9. The van der Waals surface area contributed by atoms with Gasteiger partial charge < -0.3 is 14.6 Å². The maximum Gasteiger partial charge on any atom is 0.301 e. The molecule has 2 aliphatic heterocycles. The lowest BCUT2D eigenvalue weighted by Crippen LogP contribution is -2.29. The Bertz CT molecular complexity index is 1590. The van der Waals surface area contributed by atoms with E-state index in [0.717, 1.165) is 20.3 Å². The number of aliphatic hydroxyl groups is 1. The molecule has 3 heterocycles. The number of halogens is 1. The van der Waals surface area contributed by atoms with Crippen LogP contribution in [0.4, 0.5) is 5.13 Å². The standard InChI is InChI=1S/C27H19BrN2O5S/c1-14-5-7-18-21(11-14)36-27(29-18)30-23(15-3-2-4-17(28)12-15)22(25(32)26(30)33)24(31)16-6-8-19-20(13-16)35-10-9-34-19/h2-8,11-13,23,31H,9-10H2,1H3/b24-22+/t23-/m0/s1. The van der Waals surface area contributed by atoms with Gasteiger partial charge in [0, 0.05) is 10.0 Å². The highest BCUT2D eigenvalue weighted by molar-refractivity contribution is 9.10. The van der Waals surface area contributed by atoms with Crippen LogP contribution in [0.3, 0.4) is 0 Å². The summed E-state index contributed by atoms with van der Waals surface area (Å²) in [6.45, 7) is 2.81. The van der Waals surface area contributed by atoms with E-state index in [1.165, 1.54) is 16.2 Å². The van der Waals surface area contributed by atoms with Crippen LogP contribution in [0.2, 0.25) is 0 Å². The Labute approximate surface area is 218 Å². The Balaban J connectivity index is 1.54. The third-order valence-corrected chi connectivity index (χ3v) is 7.67. The maximum atomic E-state index is 13.4. The summed E-state index contributed by atoms with van der Waals surface area (Å²) in [6.07, 6.45) is 0. The minimum absolute atomic E-state index is 0.00906. The van der Waals surface area contributed by atoms with E-state index in [0.29, 0.717) is 41.0 Å². The smallest absolute Gasteiger partial charge is 0.301 e. The molecule has 3 aromatic carbocycles. The summed E-state index contributed by atoms with van der Waals surface area (Å²) in [5, 5.41) is 11.8. The van der Waals surface area contributed by atoms with Crippen molar-refractivity contribution in [3.8, 4) is 11.5 Å². The fraction of sp³-hybridized carbons (Fsp3) is 0.148. The minimum Gasteiger partial charge on any atom is -0.507 e. The average molecular weight is 563 g/mol. The summed E-state index contributed by atoms with van der Waals surface area (Å²) < 4.78 is 12.9. The van der Waals surface area contributed by atoms with E-state index in [-0.39, 0.29) is 11.3 Å². The van der Waals surface area contributed by atoms with Gasteiger partial charge in [0.1, 0.15) is 19.0 Å². The Morgan fingerprint density at radius 2 is 1.86 bits per heavy atom. The van der Waals surface area contributed by atoms with Gasteiger partial charge in [-0.1, -0.05) is 45.5 Å². The van der Waals surface area contributed by atoms with Gasteiger partial charge in [0.05, 0.1) is 21.8 Å². The van der Waals surface area contributed by atoms with Crippen LogP contribution < -0.4 is 14.4 Å². The largest absolute Gasteiger partial charge is 0.507 e. The summed E-state index contributed by atoms with van der Waals surface area (Å²) >= 11 is 4.82. The molecule has 0 aliphatic carbocycles. The number of ketones is 1.